The van der Waals surface area contributed by atoms with E-state index in [2.05, 4.69) is 0 Å². The van der Waals surface area contributed by atoms with Gasteiger partial charge in [-0.3, -0.25) is 9.59 Å². The Labute approximate surface area is 172 Å². The molecular weight excluding hydrogens is 388 g/mol. The van der Waals surface area contributed by atoms with Crippen LogP contribution in [0.25, 0.3) is 0 Å². The van der Waals surface area contributed by atoms with Gasteiger partial charge in [0.05, 0.1) is 4.90 Å². The van der Waals surface area contributed by atoms with Crippen LogP contribution in [0.15, 0.2) is 53.4 Å². The maximum absolute atomic E-state index is 12.7. The third kappa shape index (κ3) is 4.74. The van der Waals surface area contributed by atoms with Crippen molar-refractivity contribution in [2.24, 2.45) is 0 Å². The van der Waals surface area contributed by atoms with Gasteiger partial charge in [-0.05, 0) is 49.9 Å². The minimum Gasteiger partial charge on any atom is -0.312 e. The summed E-state index contributed by atoms with van der Waals surface area (Å²) in [4.78, 5) is 26.0. The highest BCUT2D eigenvalue weighted by molar-refractivity contribution is 7.89. The van der Waals surface area contributed by atoms with E-state index in [-0.39, 0.29) is 29.6 Å². The van der Waals surface area contributed by atoms with Crippen LogP contribution in [0.4, 0.5) is 5.69 Å². The lowest BCUT2D eigenvalue weighted by atomic mass is 10.0. The second kappa shape index (κ2) is 8.88. The predicted molar refractivity (Wildman–Crippen MR) is 113 cm³/mol. The molecule has 0 saturated heterocycles. The fourth-order valence-electron chi connectivity index (χ4n) is 3.54. The fourth-order valence-corrected chi connectivity index (χ4v) is 4.75. The first-order chi connectivity index (χ1) is 13.8. The molecule has 0 aromatic heterocycles. The van der Waals surface area contributed by atoms with Crippen molar-refractivity contribution in [1.29, 1.82) is 0 Å². The number of para-hydroxylation sites is 1. The van der Waals surface area contributed by atoms with Crippen LogP contribution in [-0.4, -0.2) is 44.6 Å². The molecule has 2 aromatic rings. The van der Waals surface area contributed by atoms with E-state index in [1.54, 1.807) is 0 Å². The van der Waals surface area contributed by atoms with Gasteiger partial charge in [-0.2, -0.15) is 0 Å². The van der Waals surface area contributed by atoms with E-state index < -0.39 is 10.0 Å². The van der Waals surface area contributed by atoms with Crippen molar-refractivity contribution in [2.75, 3.05) is 25.0 Å². The Balaban J connectivity index is 1.58. The minimum absolute atomic E-state index is 0.0220. The van der Waals surface area contributed by atoms with Gasteiger partial charge in [-0.15, -0.1) is 0 Å². The summed E-state index contributed by atoms with van der Waals surface area (Å²) in [6.45, 7) is 2.39. The van der Waals surface area contributed by atoms with Gasteiger partial charge in [0.25, 0.3) is 0 Å². The van der Waals surface area contributed by atoms with Gasteiger partial charge in [0.1, 0.15) is 0 Å². The number of rotatable bonds is 7. The van der Waals surface area contributed by atoms with Crippen LogP contribution in [0.1, 0.15) is 42.1 Å². The van der Waals surface area contributed by atoms with E-state index in [4.69, 9.17) is 0 Å². The topological polar surface area (TPSA) is 74.8 Å². The molecule has 2 aromatic carbocycles. The third-order valence-electron chi connectivity index (χ3n) is 5.24. The van der Waals surface area contributed by atoms with Crippen molar-refractivity contribution >= 4 is 27.4 Å². The van der Waals surface area contributed by atoms with E-state index in [1.807, 2.05) is 29.2 Å². The summed E-state index contributed by atoms with van der Waals surface area (Å²) < 4.78 is 26.7. The number of amides is 1. The lowest BCUT2D eigenvalue weighted by Gasteiger charge is -2.29. The number of benzene rings is 2. The summed E-state index contributed by atoms with van der Waals surface area (Å²) in [6.07, 6.45) is 2.65. The smallest absolute Gasteiger partial charge is 0.242 e. The Morgan fingerprint density at radius 1 is 1.07 bits per heavy atom. The van der Waals surface area contributed by atoms with E-state index in [9.17, 15) is 18.0 Å². The maximum Gasteiger partial charge on any atom is 0.242 e. The summed E-state index contributed by atoms with van der Waals surface area (Å²) in [6, 6.07) is 13.8. The normalized spacial score (nSPS) is 14.0. The number of aryl methyl sites for hydroxylation is 1. The van der Waals surface area contributed by atoms with Gasteiger partial charge in [0.15, 0.2) is 5.78 Å². The molecule has 0 saturated carbocycles. The Hall–Kier alpha value is -2.51. The molecule has 1 aliphatic heterocycles. The summed E-state index contributed by atoms with van der Waals surface area (Å²) in [5.74, 6) is -0.0890. The number of carbonyl (C=O) groups is 2. The number of hydrogen-bond acceptors (Lipinski definition) is 4. The Bertz CT molecular complexity index is 1000. The predicted octanol–water partition coefficient (Wildman–Crippen LogP) is 3.27. The molecule has 1 amide bonds. The zero-order chi connectivity index (χ0) is 21.0. The van der Waals surface area contributed by atoms with Crippen LogP contribution in [0.2, 0.25) is 0 Å². The zero-order valence-corrected chi connectivity index (χ0v) is 17.6. The zero-order valence-electron chi connectivity index (χ0n) is 16.8. The van der Waals surface area contributed by atoms with E-state index >= 15 is 0 Å². The highest BCUT2D eigenvalue weighted by Gasteiger charge is 2.24. The first-order valence-corrected chi connectivity index (χ1v) is 11.2. The van der Waals surface area contributed by atoms with Crippen LogP contribution >= 0.6 is 0 Å². The molecule has 0 bridgehead atoms. The first-order valence-electron chi connectivity index (χ1n) is 9.76. The largest absolute Gasteiger partial charge is 0.312 e. The highest BCUT2D eigenvalue weighted by Crippen LogP contribution is 2.27. The monoisotopic (exact) mass is 414 g/mol. The number of carbonyl (C=O) groups excluding carboxylic acids is 2. The molecule has 0 fully saturated rings. The summed E-state index contributed by atoms with van der Waals surface area (Å²) in [5.41, 5.74) is 2.62. The van der Waals surface area contributed by atoms with Crippen molar-refractivity contribution in [2.45, 2.75) is 37.5 Å². The Morgan fingerprint density at radius 2 is 1.76 bits per heavy atom. The number of ketones is 1. The summed E-state index contributed by atoms with van der Waals surface area (Å²) >= 11 is 0. The molecule has 1 heterocycles. The van der Waals surface area contributed by atoms with Crippen LogP contribution in [-0.2, 0) is 21.2 Å². The molecule has 0 radical (unpaired) electrons. The molecule has 1 aliphatic rings. The van der Waals surface area contributed by atoms with E-state index in [0.717, 1.165) is 18.5 Å². The molecule has 154 valence electrons. The number of fused-ring (bicyclic) bond motifs is 1. The van der Waals surface area contributed by atoms with Gasteiger partial charge in [0.2, 0.25) is 15.9 Å². The van der Waals surface area contributed by atoms with Crippen molar-refractivity contribution in [3.05, 3.63) is 59.7 Å². The number of anilines is 1. The van der Waals surface area contributed by atoms with E-state index in [1.165, 1.54) is 48.1 Å². The lowest BCUT2D eigenvalue weighted by Crippen LogP contribution is -2.36. The van der Waals surface area contributed by atoms with Crippen LogP contribution < -0.4 is 4.90 Å². The van der Waals surface area contributed by atoms with Gasteiger partial charge < -0.3 is 4.90 Å². The molecule has 29 heavy (non-hydrogen) atoms. The van der Waals surface area contributed by atoms with Gasteiger partial charge >= 0.3 is 0 Å². The highest BCUT2D eigenvalue weighted by atomic mass is 32.2. The number of nitrogens with zero attached hydrogens (tertiary/aromatic N) is 2. The minimum atomic E-state index is -3.66. The molecule has 7 heteroatoms. The lowest BCUT2D eigenvalue weighted by molar-refractivity contribution is -0.118. The first kappa shape index (κ1) is 21.2. The number of hydrogen-bond donors (Lipinski definition) is 0. The average Bonchev–Trinajstić information content (AvgIpc) is 2.73. The van der Waals surface area contributed by atoms with Crippen LogP contribution in [0, 0.1) is 0 Å². The Morgan fingerprint density at radius 3 is 2.45 bits per heavy atom. The molecule has 0 spiro atoms. The number of Topliss-reactive ketones (excluding diaryl/α,β-unsaturated/α-hetero) is 1. The van der Waals surface area contributed by atoms with Crippen LogP contribution in [0.3, 0.4) is 0 Å². The van der Waals surface area contributed by atoms with Gasteiger partial charge in [0, 0.05) is 37.8 Å². The SMILES string of the molecule is CC(=O)c1ccc(S(=O)(=O)N(C)CCCC(=O)N2CCCc3ccccc32)cc1. The van der Waals surface area contributed by atoms with Crippen molar-refractivity contribution < 1.29 is 18.0 Å². The van der Waals surface area contributed by atoms with Gasteiger partial charge in [-0.1, -0.05) is 30.3 Å². The van der Waals surface area contributed by atoms with E-state index in [0.29, 0.717) is 18.5 Å². The molecule has 0 atom stereocenters. The average molecular weight is 415 g/mol. The molecular formula is C22H26N2O4S. The second-order valence-corrected chi connectivity index (χ2v) is 9.33. The third-order valence-corrected chi connectivity index (χ3v) is 7.12. The van der Waals surface area contributed by atoms with Crippen LogP contribution in [0.5, 0.6) is 0 Å². The number of sulfonamides is 1. The second-order valence-electron chi connectivity index (χ2n) is 7.29. The van der Waals surface area contributed by atoms with Crippen molar-refractivity contribution in [3.63, 3.8) is 0 Å². The Kier molecular flexibility index (Phi) is 6.49. The quantitative estimate of drug-likeness (QED) is 0.652. The standard InChI is InChI=1S/C22H26N2O4S/c1-17(25)18-11-13-20(14-12-18)29(27,28)23(2)15-6-10-22(26)24-16-5-8-19-7-3-4-9-21(19)24/h3-4,7,9,11-14H,5-6,8,10,15-16H2,1-2H3. The van der Waals surface area contributed by atoms with Crippen molar-refractivity contribution in [1.82, 2.24) is 4.31 Å². The molecule has 6 nitrogen and oxygen atoms in total. The molecule has 3 rings (SSSR count). The molecule has 0 unspecified atom stereocenters. The molecule has 0 N–H and O–H groups in total. The molecule has 0 aliphatic carbocycles. The fraction of sp³-hybridized carbons (Fsp3) is 0.364. The van der Waals surface area contributed by atoms with Gasteiger partial charge in [-0.25, -0.2) is 12.7 Å². The summed E-state index contributed by atoms with van der Waals surface area (Å²) in [5, 5.41) is 0. The van der Waals surface area contributed by atoms with Crippen molar-refractivity contribution in [3.8, 4) is 0 Å². The summed E-state index contributed by atoms with van der Waals surface area (Å²) in [7, 11) is -2.15. The maximum atomic E-state index is 12.7.